The van der Waals surface area contributed by atoms with E-state index in [0.29, 0.717) is 13.0 Å². The number of carboxylic acids is 1. The molecule has 0 fully saturated rings. The predicted molar refractivity (Wildman–Crippen MR) is 66.2 cm³/mol. The van der Waals surface area contributed by atoms with Gasteiger partial charge in [-0.05, 0) is 18.9 Å². The molecule has 0 saturated carbocycles. The summed E-state index contributed by atoms with van der Waals surface area (Å²) in [5.74, 6) is -0.872. The highest BCUT2D eigenvalue weighted by Gasteiger charge is 2.10. The number of ether oxygens (including phenoxy) is 1. The van der Waals surface area contributed by atoms with Crippen molar-refractivity contribution in [1.82, 2.24) is 5.32 Å². The largest absolute Gasteiger partial charge is 0.481 e. The summed E-state index contributed by atoms with van der Waals surface area (Å²) in [7, 11) is 0. The van der Waals surface area contributed by atoms with Gasteiger partial charge in [-0.25, -0.2) is 4.79 Å². The fraction of sp³-hybridized carbons (Fsp3) is 0.385. The summed E-state index contributed by atoms with van der Waals surface area (Å²) in [5, 5.41) is 10.9. The number of carbonyl (C=O) groups is 2. The second-order valence-electron chi connectivity index (χ2n) is 3.88. The first-order valence-electron chi connectivity index (χ1n) is 5.81. The van der Waals surface area contributed by atoms with Crippen LogP contribution in [0.2, 0.25) is 0 Å². The molecule has 1 unspecified atom stereocenters. The van der Waals surface area contributed by atoms with E-state index < -0.39 is 12.1 Å². The van der Waals surface area contributed by atoms with Crippen LogP contribution in [0.3, 0.4) is 0 Å². The minimum Gasteiger partial charge on any atom is -0.481 e. The highest BCUT2D eigenvalue weighted by Crippen LogP contribution is 2.15. The lowest BCUT2D eigenvalue weighted by Crippen LogP contribution is -2.26. The number of carbonyl (C=O) groups excluding carboxylic acids is 1. The van der Waals surface area contributed by atoms with E-state index in [1.165, 1.54) is 0 Å². The van der Waals surface area contributed by atoms with Gasteiger partial charge in [0, 0.05) is 13.0 Å². The summed E-state index contributed by atoms with van der Waals surface area (Å²) < 4.78 is 5.15. The van der Waals surface area contributed by atoms with Gasteiger partial charge >= 0.3 is 12.1 Å². The van der Waals surface area contributed by atoms with Gasteiger partial charge in [-0.3, -0.25) is 4.79 Å². The molecule has 0 aliphatic carbocycles. The van der Waals surface area contributed by atoms with Crippen molar-refractivity contribution in [1.29, 1.82) is 0 Å². The number of amides is 1. The molecule has 0 aliphatic rings. The van der Waals surface area contributed by atoms with Crippen LogP contribution >= 0.6 is 0 Å². The van der Waals surface area contributed by atoms with Gasteiger partial charge < -0.3 is 15.2 Å². The quantitative estimate of drug-likeness (QED) is 0.761. The maximum Gasteiger partial charge on any atom is 0.407 e. The van der Waals surface area contributed by atoms with Crippen molar-refractivity contribution in [2.75, 3.05) is 6.54 Å². The van der Waals surface area contributed by atoms with Crippen LogP contribution in [0.1, 0.15) is 31.4 Å². The normalized spacial score (nSPS) is 11.6. The fourth-order valence-electron chi connectivity index (χ4n) is 1.42. The Morgan fingerprint density at radius 1 is 1.33 bits per heavy atom. The number of nitrogens with one attached hydrogen (secondary N) is 1. The first kappa shape index (κ1) is 14.0. The van der Waals surface area contributed by atoms with E-state index in [4.69, 9.17) is 9.84 Å². The van der Waals surface area contributed by atoms with Gasteiger partial charge in [-0.2, -0.15) is 0 Å². The number of benzene rings is 1. The molecule has 1 aromatic rings. The molecule has 5 heteroatoms. The summed E-state index contributed by atoms with van der Waals surface area (Å²) in [4.78, 5) is 21.7. The van der Waals surface area contributed by atoms with Gasteiger partial charge in [0.2, 0.25) is 0 Å². The van der Waals surface area contributed by atoms with Crippen molar-refractivity contribution in [3.05, 3.63) is 35.9 Å². The summed E-state index contributed by atoms with van der Waals surface area (Å²) >= 11 is 0. The maximum absolute atomic E-state index is 11.4. The number of hydrogen-bond acceptors (Lipinski definition) is 3. The lowest BCUT2D eigenvalue weighted by Gasteiger charge is -2.13. The van der Waals surface area contributed by atoms with Crippen LogP contribution in [0.5, 0.6) is 0 Å². The number of aliphatic carboxylic acids is 1. The van der Waals surface area contributed by atoms with Gasteiger partial charge in [0.05, 0.1) is 0 Å². The Kier molecular flexibility index (Phi) is 5.70. The van der Waals surface area contributed by atoms with E-state index in [2.05, 4.69) is 5.32 Å². The Morgan fingerprint density at radius 2 is 2.00 bits per heavy atom. The average molecular weight is 251 g/mol. The van der Waals surface area contributed by atoms with E-state index in [-0.39, 0.29) is 12.5 Å². The summed E-state index contributed by atoms with van der Waals surface area (Å²) in [6.45, 7) is 2.08. The minimum atomic E-state index is -0.872. The smallest absolute Gasteiger partial charge is 0.407 e. The van der Waals surface area contributed by atoms with E-state index in [1.807, 2.05) is 30.3 Å². The highest BCUT2D eigenvalue weighted by atomic mass is 16.6. The molecule has 18 heavy (non-hydrogen) atoms. The van der Waals surface area contributed by atoms with Crippen LogP contribution in [0.4, 0.5) is 4.79 Å². The number of hydrogen-bond donors (Lipinski definition) is 2. The second-order valence-corrected chi connectivity index (χ2v) is 3.88. The molecule has 1 rings (SSSR count). The van der Waals surface area contributed by atoms with Gasteiger partial charge in [0.1, 0.15) is 6.10 Å². The molecular formula is C13H17NO4. The molecule has 98 valence electrons. The summed E-state index contributed by atoms with van der Waals surface area (Å²) in [6, 6.07) is 9.40. The third-order valence-corrected chi connectivity index (χ3v) is 2.39. The van der Waals surface area contributed by atoms with Crippen LogP contribution in [0, 0.1) is 0 Å². The lowest BCUT2D eigenvalue weighted by molar-refractivity contribution is -0.137. The Morgan fingerprint density at radius 3 is 2.61 bits per heavy atom. The minimum absolute atomic E-state index is 0.0362. The fourth-order valence-corrected chi connectivity index (χ4v) is 1.42. The van der Waals surface area contributed by atoms with Crippen molar-refractivity contribution in [2.24, 2.45) is 0 Å². The summed E-state index contributed by atoms with van der Waals surface area (Å²) in [5.41, 5.74) is 0.915. The first-order chi connectivity index (χ1) is 8.59. The maximum atomic E-state index is 11.4. The van der Waals surface area contributed by atoms with E-state index in [1.54, 1.807) is 6.92 Å². The average Bonchev–Trinajstić information content (AvgIpc) is 2.35. The topological polar surface area (TPSA) is 75.6 Å². The van der Waals surface area contributed by atoms with Crippen molar-refractivity contribution in [3.8, 4) is 0 Å². The van der Waals surface area contributed by atoms with Crippen molar-refractivity contribution in [2.45, 2.75) is 25.9 Å². The molecule has 1 atom stereocenters. The zero-order valence-corrected chi connectivity index (χ0v) is 10.3. The van der Waals surface area contributed by atoms with E-state index >= 15 is 0 Å². The zero-order valence-electron chi connectivity index (χ0n) is 10.3. The summed E-state index contributed by atoms with van der Waals surface area (Å²) in [6.07, 6.45) is -0.430. The second kappa shape index (κ2) is 7.32. The molecular weight excluding hydrogens is 234 g/mol. The lowest BCUT2D eigenvalue weighted by atomic mass is 10.1. The Labute approximate surface area is 106 Å². The van der Waals surface area contributed by atoms with Crippen LogP contribution in [-0.2, 0) is 9.53 Å². The Balaban J connectivity index is 2.26. The van der Waals surface area contributed by atoms with E-state index in [9.17, 15) is 9.59 Å². The van der Waals surface area contributed by atoms with Crippen LogP contribution in [0.25, 0.3) is 0 Å². The molecule has 0 bridgehead atoms. The third-order valence-electron chi connectivity index (χ3n) is 2.39. The molecule has 1 aromatic carbocycles. The number of carboxylic acid groups (broad SMARTS) is 1. The Hall–Kier alpha value is -2.04. The third kappa shape index (κ3) is 5.34. The molecule has 0 heterocycles. The van der Waals surface area contributed by atoms with Crippen molar-refractivity contribution < 1.29 is 19.4 Å². The molecule has 1 amide bonds. The number of rotatable bonds is 6. The van der Waals surface area contributed by atoms with Crippen LogP contribution in [0.15, 0.2) is 30.3 Å². The number of alkyl carbamates (subject to hydrolysis) is 1. The molecule has 5 nitrogen and oxygen atoms in total. The molecule has 0 aromatic heterocycles. The highest BCUT2D eigenvalue weighted by molar-refractivity contribution is 5.68. The molecule has 2 N–H and O–H groups in total. The Bertz CT molecular complexity index is 391. The van der Waals surface area contributed by atoms with Gasteiger partial charge in [0.25, 0.3) is 0 Å². The van der Waals surface area contributed by atoms with Gasteiger partial charge in [-0.1, -0.05) is 30.3 Å². The SMILES string of the molecule is CC(OC(=O)NCCCC(=O)O)c1ccccc1. The van der Waals surface area contributed by atoms with E-state index in [0.717, 1.165) is 5.56 Å². The molecule has 0 aliphatic heterocycles. The van der Waals surface area contributed by atoms with Gasteiger partial charge in [-0.15, -0.1) is 0 Å². The predicted octanol–water partition coefficient (Wildman–Crippen LogP) is 2.34. The molecule has 0 spiro atoms. The monoisotopic (exact) mass is 251 g/mol. The van der Waals surface area contributed by atoms with Crippen molar-refractivity contribution in [3.63, 3.8) is 0 Å². The first-order valence-corrected chi connectivity index (χ1v) is 5.81. The zero-order chi connectivity index (χ0) is 13.4. The van der Waals surface area contributed by atoms with Crippen LogP contribution < -0.4 is 5.32 Å². The molecule has 0 saturated heterocycles. The van der Waals surface area contributed by atoms with Gasteiger partial charge in [0.15, 0.2) is 0 Å². The standard InChI is InChI=1S/C13H17NO4/c1-10(11-6-3-2-4-7-11)18-13(17)14-9-5-8-12(15)16/h2-4,6-7,10H,5,8-9H2,1H3,(H,14,17)(H,15,16). The van der Waals surface area contributed by atoms with Crippen molar-refractivity contribution >= 4 is 12.1 Å². The van der Waals surface area contributed by atoms with Crippen LogP contribution in [-0.4, -0.2) is 23.7 Å². The molecule has 0 radical (unpaired) electrons.